The summed E-state index contributed by atoms with van der Waals surface area (Å²) in [7, 11) is 0. The summed E-state index contributed by atoms with van der Waals surface area (Å²) in [6.07, 6.45) is 0. The minimum atomic E-state index is 1.15. The van der Waals surface area contributed by atoms with E-state index in [1.165, 1.54) is 87.6 Å². The van der Waals surface area contributed by atoms with Gasteiger partial charge in [-0.05, 0) is 66.7 Å². The van der Waals surface area contributed by atoms with E-state index in [0.717, 1.165) is 16.7 Å². The second-order valence-corrected chi connectivity index (χ2v) is 13.8. The molecule has 0 spiro atoms. The number of nitrogens with zero attached hydrogens (tertiary/aromatic N) is 3. The molecule has 0 amide bonds. The molecule has 242 valence electrons. The van der Waals surface area contributed by atoms with Gasteiger partial charge in [-0.3, -0.25) is 0 Å². The van der Waals surface area contributed by atoms with Gasteiger partial charge in [0, 0.05) is 60.0 Å². The first-order valence-corrected chi connectivity index (χ1v) is 17.9. The van der Waals surface area contributed by atoms with Crippen molar-refractivity contribution in [1.29, 1.82) is 0 Å². The molecule has 4 heteroatoms. The fourth-order valence-corrected chi connectivity index (χ4v) is 9.04. The van der Waals surface area contributed by atoms with Gasteiger partial charge in [-0.15, -0.1) is 0 Å². The van der Waals surface area contributed by atoms with Crippen LogP contribution in [-0.4, -0.2) is 18.7 Å². The summed E-state index contributed by atoms with van der Waals surface area (Å²) in [5.41, 5.74) is 13.0. The molecule has 0 bridgehead atoms. The maximum atomic E-state index is 3.83. The van der Waals surface area contributed by atoms with E-state index in [1.54, 1.807) is 0 Å². The van der Waals surface area contributed by atoms with Crippen LogP contribution in [0.25, 0.3) is 104 Å². The van der Waals surface area contributed by atoms with Gasteiger partial charge in [0.2, 0.25) is 0 Å². The van der Waals surface area contributed by atoms with Crippen LogP contribution in [0, 0.1) is 0 Å². The minimum absolute atomic E-state index is 1.15. The Morgan fingerprint density at radius 1 is 0.327 bits per heavy atom. The summed E-state index contributed by atoms with van der Waals surface area (Å²) < 4.78 is 7.33. The molecular formula is C48H30N4. The molecule has 0 saturated heterocycles. The van der Waals surface area contributed by atoms with Crippen molar-refractivity contribution in [3.8, 4) is 17.1 Å². The van der Waals surface area contributed by atoms with Crippen molar-refractivity contribution in [2.45, 2.75) is 0 Å². The summed E-state index contributed by atoms with van der Waals surface area (Å²) in [5, 5.41) is 9.93. The van der Waals surface area contributed by atoms with Crippen molar-refractivity contribution in [1.82, 2.24) is 18.7 Å². The van der Waals surface area contributed by atoms with Crippen LogP contribution in [0.5, 0.6) is 0 Å². The van der Waals surface area contributed by atoms with E-state index in [4.69, 9.17) is 0 Å². The van der Waals surface area contributed by atoms with Gasteiger partial charge < -0.3 is 18.7 Å². The molecule has 0 saturated carbocycles. The molecule has 0 atom stereocenters. The van der Waals surface area contributed by atoms with E-state index in [-0.39, 0.29) is 0 Å². The Kier molecular flexibility index (Phi) is 5.47. The van der Waals surface area contributed by atoms with Gasteiger partial charge in [0.1, 0.15) is 0 Å². The van der Waals surface area contributed by atoms with Crippen LogP contribution in [0.2, 0.25) is 0 Å². The molecule has 8 aromatic carbocycles. The number of nitrogens with one attached hydrogen (secondary N) is 1. The van der Waals surface area contributed by atoms with Crippen LogP contribution in [-0.2, 0) is 0 Å². The molecule has 0 aliphatic heterocycles. The van der Waals surface area contributed by atoms with Crippen LogP contribution in [0.1, 0.15) is 0 Å². The third kappa shape index (κ3) is 3.60. The first kappa shape index (κ1) is 27.7. The highest BCUT2D eigenvalue weighted by atomic mass is 15.0. The Balaban J connectivity index is 1.19. The summed E-state index contributed by atoms with van der Waals surface area (Å²) in [5.74, 6) is 0. The van der Waals surface area contributed by atoms with Gasteiger partial charge >= 0.3 is 0 Å². The molecule has 0 aliphatic carbocycles. The van der Waals surface area contributed by atoms with Crippen LogP contribution < -0.4 is 0 Å². The topological polar surface area (TPSA) is 30.6 Å². The molecule has 0 fully saturated rings. The average Bonchev–Trinajstić information content (AvgIpc) is 3.94. The fourth-order valence-electron chi connectivity index (χ4n) is 9.04. The highest BCUT2D eigenvalue weighted by molar-refractivity contribution is 6.24. The van der Waals surface area contributed by atoms with Crippen LogP contribution >= 0.6 is 0 Å². The van der Waals surface area contributed by atoms with E-state index in [0.29, 0.717) is 0 Å². The Morgan fingerprint density at radius 3 is 1.71 bits per heavy atom. The molecule has 4 nitrogen and oxygen atoms in total. The second-order valence-electron chi connectivity index (χ2n) is 13.8. The highest BCUT2D eigenvalue weighted by Crippen LogP contribution is 2.43. The molecule has 4 heterocycles. The number of benzene rings is 8. The number of aromatic nitrogens is 4. The molecule has 12 aromatic rings. The lowest BCUT2D eigenvalue weighted by Gasteiger charge is -2.12. The Hall–Kier alpha value is -7.04. The number of hydrogen-bond donors (Lipinski definition) is 1. The third-order valence-electron chi connectivity index (χ3n) is 11.2. The molecular weight excluding hydrogens is 633 g/mol. The SMILES string of the molecule is c1ccc(-n2c3ccccc3c3cc(-n4c5ccccc5c5c(-n6c7ccccc7c7ccc8c9ccccc9[nH]c8c76)cccc54)ccc32)cc1. The molecule has 0 aliphatic rings. The van der Waals surface area contributed by atoms with E-state index in [2.05, 4.69) is 195 Å². The minimum Gasteiger partial charge on any atom is -0.353 e. The maximum Gasteiger partial charge on any atom is 0.0783 e. The molecule has 1 N–H and O–H groups in total. The van der Waals surface area contributed by atoms with Crippen molar-refractivity contribution in [2.24, 2.45) is 0 Å². The Morgan fingerprint density at radius 2 is 0.904 bits per heavy atom. The summed E-state index contributed by atoms with van der Waals surface area (Å²) in [6.45, 7) is 0. The number of aromatic amines is 1. The quantitative estimate of drug-likeness (QED) is 0.195. The monoisotopic (exact) mass is 662 g/mol. The first-order chi connectivity index (χ1) is 25.8. The zero-order chi connectivity index (χ0) is 33.9. The Bertz CT molecular complexity index is 3410. The van der Waals surface area contributed by atoms with Crippen molar-refractivity contribution in [3.63, 3.8) is 0 Å². The van der Waals surface area contributed by atoms with Crippen LogP contribution in [0.15, 0.2) is 176 Å². The number of hydrogen-bond acceptors (Lipinski definition) is 0. The smallest absolute Gasteiger partial charge is 0.0783 e. The largest absolute Gasteiger partial charge is 0.353 e. The number of rotatable bonds is 3. The molecule has 0 radical (unpaired) electrons. The van der Waals surface area contributed by atoms with Crippen molar-refractivity contribution in [3.05, 3.63) is 176 Å². The summed E-state index contributed by atoms with van der Waals surface area (Å²) >= 11 is 0. The lowest BCUT2D eigenvalue weighted by molar-refractivity contribution is 1.16. The van der Waals surface area contributed by atoms with E-state index in [9.17, 15) is 0 Å². The fraction of sp³-hybridized carbons (Fsp3) is 0. The van der Waals surface area contributed by atoms with E-state index < -0.39 is 0 Å². The third-order valence-corrected chi connectivity index (χ3v) is 11.2. The second kappa shape index (κ2) is 10.3. The lowest BCUT2D eigenvalue weighted by atomic mass is 10.1. The first-order valence-electron chi connectivity index (χ1n) is 17.9. The average molecular weight is 663 g/mol. The highest BCUT2D eigenvalue weighted by Gasteiger charge is 2.22. The van der Waals surface area contributed by atoms with E-state index in [1.807, 2.05) is 0 Å². The van der Waals surface area contributed by atoms with Crippen molar-refractivity contribution >= 4 is 87.2 Å². The molecule has 0 unspecified atom stereocenters. The Labute approximate surface area is 298 Å². The molecule has 4 aromatic heterocycles. The number of fused-ring (bicyclic) bond motifs is 13. The zero-order valence-corrected chi connectivity index (χ0v) is 28.1. The molecule has 52 heavy (non-hydrogen) atoms. The number of H-pyrrole nitrogens is 1. The van der Waals surface area contributed by atoms with Crippen LogP contribution in [0.4, 0.5) is 0 Å². The summed E-state index contributed by atoms with van der Waals surface area (Å²) in [6, 6.07) is 64.1. The predicted molar refractivity (Wildman–Crippen MR) is 219 cm³/mol. The van der Waals surface area contributed by atoms with Gasteiger partial charge in [-0.25, -0.2) is 0 Å². The van der Waals surface area contributed by atoms with Crippen LogP contribution in [0.3, 0.4) is 0 Å². The van der Waals surface area contributed by atoms with Gasteiger partial charge in [0.05, 0.1) is 44.3 Å². The van der Waals surface area contributed by atoms with Crippen molar-refractivity contribution < 1.29 is 0 Å². The maximum absolute atomic E-state index is 3.83. The predicted octanol–water partition coefficient (Wildman–Crippen LogP) is 12.6. The summed E-state index contributed by atoms with van der Waals surface area (Å²) in [4.78, 5) is 3.83. The van der Waals surface area contributed by atoms with Crippen molar-refractivity contribution in [2.75, 3.05) is 0 Å². The van der Waals surface area contributed by atoms with E-state index >= 15 is 0 Å². The van der Waals surface area contributed by atoms with Gasteiger partial charge in [0.25, 0.3) is 0 Å². The normalized spacial score (nSPS) is 12.2. The van der Waals surface area contributed by atoms with Gasteiger partial charge in [-0.1, -0.05) is 109 Å². The lowest BCUT2D eigenvalue weighted by Crippen LogP contribution is -1.97. The van der Waals surface area contributed by atoms with Gasteiger partial charge in [0.15, 0.2) is 0 Å². The zero-order valence-electron chi connectivity index (χ0n) is 28.1. The number of para-hydroxylation sites is 5. The van der Waals surface area contributed by atoms with Gasteiger partial charge in [-0.2, -0.15) is 0 Å². The standard InChI is InChI=1S/C48H30N4/c1-2-13-30(14-3-1)50-40-20-9-6-17-34(40)38-29-31(25-28-43(38)50)51-42-22-11-7-18-37(42)46-44(51)23-12-24-45(46)52-41-21-10-5-16-33(41)36-27-26-35-32-15-4-8-19-39(32)49-47(35)48(36)52/h1-29,49H. The molecule has 12 rings (SSSR count).